The van der Waals surface area contributed by atoms with Crippen LogP contribution >= 0.6 is 11.8 Å². The molecule has 0 radical (unpaired) electrons. The fraction of sp³-hybridized carbons (Fsp3) is 0.596. The quantitative estimate of drug-likeness (QED) is 0.0502. The number of fused-ring (bicyclic) bond motifs is 3. The van der Waals surface area contributed by atoms with Crippen molar-refractivity contribution in [1.29, 1.82) is 0 Å². The van der Waals surface area contributed by atoms with Crippen LogP contribution < -0.4 is 10.1 Å². The predicted octanol–water partition coefficient (Wildman–Crippen LogP) is 1.89. The van der Waals surface area contributed by atoms with Crippen LogP contribution in [0, 0.1) is 5.92 Å². The molecule has 68 heavy (non-hydrogen) atoms. The number of phenolic OH excluding ortho intramolecular Hbond substituents is 2. The van der Waals surface area contributed by atoms with E-state index in [0.29, 0.717) is 65.3 Å². The van der Waals surface area contributed by atoms with Crippen molar-refractivity contribution in [1.82, 2.24) is 15.1 Å². The average Bonchev–Trinajstić information content (AvgIpc) is 3.62. The van der Waals surface area contributed by atoms with Crippen molar-refractivity contribution >= 4 is 53.1 Å². The maximum Gasteiger partial charge on any atom is 0.242 e. The van der Waals surface area contributed by atoms with Crippen LogP contribution in [-0.4, -0.2) is 184 Å². The van der Waals surface area contributed by atoms with Gasteiger partial charge in [-0.3, -0.25) is 39.0 Å². The number of rotatable bonds is 24. The number of amides is 3. The molecule has 3 heterocycles. The molecule has 2 aromatic rings. The Morgan fingerprint density at radius 3 is 2.38 bits per heavy atom. The normalized spacial score (nSPS) is 23.5. The van der Waals surface area contributed by atoms with Gasteiger partial charge in [0, 0.05) is 68.4 Å². The summed E-state index contributed by atoms with van der Waals surface area (Å²) in [6.45, 7) is 3.73. The first kappa shape index (κ1) is 51.0. The monoisotopic (exact) mass is 969 g/mol. The molecule has 5 aliphatic rings. The van der Waals surface area contributed by atoms with Crippen LogP contribution in [0.15, 0.2) is 18.2 Å². The smallest absolute Gasteiger partial charge is 0.242 e. The number of hydrogen-bond acceptors (Lipinski definition) is 19. The molecular weight excluding hydrogens is 911 g/mol. The van der Waals surface area contributed by atoms with Crippen molar-refractivity contribution in [3.05, 3.63) is 51.6 Å². The Balaban J connectivity index is 0.935. The van der Waals surface area contributed by atoms with Gasteiger partial charge >= 0.3 is 0 Å². The number of aromatic hydroxyl groups is 2. The average molecular weight is 970 g/mol. The van der Waals surface area contributed by atoms with Gasteiger partial charge < -0.3 is 57.8 Å². The molecule has 7 rings (SSSR count). The Kier molecular flexibility index (Phi) is 18.1. The lowest BCUT2D eigenvalue weighted by Gasteiger charge is -2.38. The predicted molar refractivity (Wildman–Crippen MR) is 240 cm³/mol. The van der Waals surface area contributed by atoms with Crippen molar-refractivity contribution < 1.29 is 81.7 Å². The number of morpholine rings is 1. The number of thioether (sulfide) groups is 1. The number of carbonyl (C=O) groups is 7. The second-order valence-electron chi connectivity index (χ2n) is 17.0. The van der Waals surface area contributed by atoms with E-state index < -0.39 is 52.5 Å². The Morgan fingerprint density at radius 1 is 0.926 bits per heavy atom. The second kappa shape index (κ2) is 24.1. The second-order valence-corrected chi connectivity index (χ2v) is 18.2. The summed E-state index contributed by atoms with van der Waals surface area (Å²) in [5, 5.41) is 26.3. The van der Waals surface area contributed by atoms with Crippen molar-refractivity contribution in [2.45, 2.75) is 74.9 Å². The lowest BCUT2D eigenvalue weighted by molar-refractivity contribution is -0.229. The van der Waals surface area contributed by atoms with Crippen molar-refractivity contribution in [3.63, 3.8) is 0 Å². The van der Waals surface area contributed by atoms with Gasteiger partial charge in [-0.2, -0.15) is 0 Å². The number of likely N-dealkylation sites (N-methyl/N-ethyl adjacent to an activating group) is 1. The van der Waals surface area contributed by atoms with Crippen LogP contribution in [0.2, 0.25) is 0 Å². The molecule has 2 unspecified atom stereocenters. The Hall–Kier alpha value is -4.84. The van der Waals surface area contributed by atoms with Crippen LogP contribution in [-0.2, 0) is 63.6 Å². The highest BCUT2D eigenvalue weighted by Gasteiger charge is 2.45. The summed E-state index contributed by atoms with van der Waals surface area (Å²) in [6.07, 6.45) is -0.581. The first-order chi connectivity index (χ1) is 32.9. The van der Waals surface area contributed by atoms with Gasteiger partial charge in [-0.1, -0.05) is 12.1 Å². The van der Waals surface area contributed by atoms with E-state index in [9.17, 15) is 43.8 Å². The van der Waals surface area contributed by atoms with Gasteiger partial charge in [0.25, 0.3) is 0 Å². The zero-order chi connectivity index (χ0) is 48.3. The van der Waals surface area contributed by atoms with Crippen LogP contribution in [0.3, 0.4) is 0 Å². The van der Waals surface area contributed by atoms with E-state index in [1.54, 1.807) is 13.1 Å². The molecule has 3 saturated heterocycles. The lowest BCUT2D eigenvalue weighted by Crippen LogP contribution is -2.47. The minimum absolute atomic E-state index is 0.00387. The van der Waals surface area contributed by atoms with E-state index >= 15 is 0 Å². The van der Waals surface area contributed by atoms with E-state index in [2.05, 4.69) is 5.32 Å². The number of aldehydes is 1. The first-order valence-electron chi connectivity index (χ1n) is 22.9. The van der Waals surface area contributed by atoms with Gasteiger partial charge in [0.1, 0.15) is 35.5 Å². The summed E-state index contributed by atoms with van der Waals surface area (Å²) >= 11 is 1.04. The number of ether oxygens (including phenoxy) is 8. The maximum absolute atomic E-state index is 14.1. The summed E-state index contributed by atoms with van der Waals surface area (Å²) in [6, 6.07) is 4.51. The minimum atomic E-state index is -1.06. The molecule has 20 nitrogen and oxygen atoms in total. The van der Waals surface area contributed by atoms with E-state index in [4.69, 9.17) is 37.9 Å². The highest BCUT2D eigenvalue weighted by molar-refractivity contribution is 8.01. The van der Waals surface area contributed by atoms with Crippen LogP contribution in [0.5, 0.6) is 17.2 Å². The Morgan fingerprint density at radius 2 is 1.68 bits per heavy atom. The van der Waals surface area contributed by atoms with Gasteiger partial charge in [-0.25, -0.2) is 0 Å². The number of hydrogen-bond donors (Lipinski definition) is 3. The van der Waals surface area contributed by atoms with Crippen molar-refractivity contribution in [2.24, 2.45) is 5.92 Å². The standard InChI is InChI=1S/C47H59N3O17S/c1-49(36(53)7-4-13-51)11-15-61-17-19-63-20-18-62-16-12-50-37(54)23-34(47(50)59)68-26-31(52)27-21-30-40(33(22-27)67-38-9-8-28(24-65-38)66-35-25-64-14-10-48-35)46(58)42-41(44(30)56)43(55)29-5-3-6-32(60-2)39(29)45(42)57/h3,5-6,13,27-28,33-35,38,48,56,58H,4,7-12,14-26H2,1-2H3/t27?,28-,33-,34?,35+,38-/m0/s1. The molecule has 3 aliphatic heterocycles. The van der Waals surface area contributed by atoms with E-state index in [-0.39, 0.29) is 140 Å². The number of imide groups is 1. The Labute approximate surface area is 397 Å². The lowest BCUT2D eigenvalue weighted by atomic mass is 9.74. The molecule has 3 N–H and O–H groups in total. The Bertz CT molecular complexity index is 2190. The number of carbonyl (C=O) groups excluding carboxylic acids is 7. The summed E-state index contributed by atoms with van der Waals surface area (Å²) in [5.74, 6) is -4.58. The molecule has 0 saturated carbocycles. The number of phenols is 2. The fourth-order valence-corrected chi connectivity index (χ4v) is 10.1. The van der Waals surface area contributed by atoms with Gasteiger partial charge in [0.2, 0.25) is 23.5 Å². The highest BCUT2D eigenvalue weighted by atomic mass is 32.2. The van der Waals surface area contributed by atoms with Gasteiger partial charge in [-0.15, -0.1) is 11.8 Å². The van der Waals surface area contributed by atoms with Crippen LogP contribution in [0.1, 0.15) is 87.6 Å². The van der Waals surface area contributed by atoms with Crippen molar-refractivity contribution in [2.75, 3.05) is 99.0 Å². The van der Waals surface area contributed by atoms with E-state index in [1.807, 2.05) is 0 Å². The molecule has 2 aliphatic carbocycles. The van der Waals surface area contributed by atoms with Crippen molar-refractivity contribution in [3.8, 4) is 17.2 Å². The highest BCUT2D eigenvalue weighted by Crippen LogP contribution is 2.52. The molecule has 6 atom stereocenters. The number of methoxy groups -OCH3 is 1. The number of ketones is 3. The first-order valence-corrected chi connectivity index (χ1v) is 24.0. The summed E-state index contributed by atoms with van der Waals surface area (Å²) in [5.41, 5.74) is -0.637. The largest absolute Gasteiger partial charge is 0.507 e. The molecule has 3 fully saturated rings. The topological polar surface area (TPSA) is 252 Å². The maximum atomic E-state index is 14.1. The van der Waals surface area contributed by atoms with Gasteiger partial charge in [0.15, 0.2) is 12.1 Å². The third-order valence-corrected chi connectivity index (χ3v) is 13.8. The van der Waals surface area contributed by atoms with E-state index in [1.165, 1.54) is 24.1 Å². The SMILES string of the molecule is COc1cccc2c1C(=O)c1c(O)c3c(c(O)c1C2=O)CC(C(=O)CSC1CC(=O)N(CCOCCOCCOCCN(C)C(=O)CCC=O)C1=O)C[C@@H]3O[C@H]1CC[C@H](O[C@@H]2COCCN2)CO1. The molecule has 2 aromatic carbocycles. The summed E-state index contributed by atoms with van der Waals surface area (Å²) in [4.78, 5) is 93.4. The number of nitrogens with one attached hydrogen (secondary N) is 1. The molecule has 0 bridgehead atoms. The van der Waals surface area contributed by atoms with E-state index in [0.717, 1.165) is 16.7 Å². The number of benzene rings is 2. The summed E-state index contributed by atoms with van der Waals surface area (Å²) in [7, 11) is 3.00. The number of Topliss-reactive ketones (excluding diaryl/α,β-unsaturated/α-hetero) is 1. The third kappa shape index (κ3) is 11.9. The molecule has 0 spiro atoms. The zero-order valence-electron chi connectivity index (χ0n) is 38.2. The molecule has 21 heteroatoms. The summed E-state index contributed by atoms with van der Waals surface area (Å²) < 4.78 is 46.1. The van der Waals surface area contributed by atoms with Crippen LogP contribution in [0.4, 0.5) is 0 Å². The number of likely N-dealkylation sites (tertiary alicyclic amines) is 1. The number of nitrogens with zero attached hydrogens (tertiary/aromatic N) is 2. The molecular formula is C47H59N3O17S. The molecule has 3 amide bonds. The minimum Gasteiger partial charge on any atom is -0.507 e. The third-order valence-electron chi connectivity index (χ3n) is 12.5. The zero-order valence-corrected chi connectivity index (χ0v) is 39.1. The van der Waals surface area contributed by atoms with Gasteiger partial charge in [-0.05, 0) is 25.3 Å². The molecule has 0 aromatic heterocycles. The molecule has 370 valence electrons. The van der Waals surface area contributed by atoms with Gasteiger partial charge in [0.05, 0.1) is 113 Å². The fourth-order valence-electron chi connectivity index (χ4n) is 8.93. The van der Waals surface area contributed by atoms with Crippen LogP contribution in [0.25, 0.3) is 0 Å².